The third kappa shape index (κ3) is 4.01. The van der Waals surface area contributed by atoms with Gasteiger partial charge >= 0.3 is 0 Å². The minimum Gasteiger partial charge on any atom is -0.469 e. The summed E-state index contributed by atoms with van der Waals surface area (Å²) in [4.78, 5) is 24.4. The van der Waals surface area contributed by atoms with Gasteiger partial charge in [0.05, 0.1) is 22.8 Å². The number of ketones is 1. The van der Waals surface area contributed by atoms with E-state index in [9.17, 15) is 9.59 Å². The molecule has 146 valence electrons. The van der Waals surface area contributed by atoms with Crippen molar-refractivity contribution in [1.82, 2.24) is 14.8 Å². The Labute approximate surface area is 167 Å². The Morgan fingerprint density at radius 2 is 2.00 bits per heavy atom. The minimum absolute atomic E-state index is 0.0953. The van der Waals surface area contributed by atoms with Crippen LogP contribution in [0.2, 0.25) is 0 Å². The maximum absolute atomic E-state index is 12.7. The molecule has 1 amide bonds. The van der Waals surface area contributed by atoms with Crippen LogP contribution in [0, 0.1) is 6.92 Å². The van der Waals surface area contributed by atoms with E-state index in [1.807, 2.05) is 24.5 Å². The molecular formula is C20H22N4O3S. The first-order chi connectivity index (χ1) is 13.4. The number of aryl methyl sites for hydroxylation is 1. The molecule has 0 aliphatic rings. The van der Waals surface area contributed by atoms with Crippen molar-refractivity contribution in [3.63, 3.8) is 0 Å². The molecule has 8 heteroatoms. The SMILES string of the molecule is CCn1c(S[C@@H](C)C(=O)Nc2ccccc2C(C)=O)nnc1-c1ccoc1C. The van der Waals surface area contributed by atoms with Gasteiger partial charge in [-0.1, -0.05) is 23.9 Å². The molecule has 28 heavy (non-hydrogen) atoms. The van der Waals surface area contributed by atoms with E-state index in [1.54, 1.807) is 37.5 Å². The number of thioether (sulfide) groups is 1. The number of nitrogens with one attached hydrogen (secondary N) is 1. The number of carbonyl (C=O) groups excluding carboxylic acids is 2. The second-order valence-electron chi connectivity index (χ2n) is 6.29. The van der Waals surface area contributed by atoms with Crippen molar-refractivity contribution in [2.45, 2.75) is 44.6 Å². The number of hydrogen-bond donors (Lipinski definition) is 1. The lowest BCUT2D eigenvalue weighted by Gasteiger charge is -2.14. The smallest absolute Gasteiger partial charge is 0.237 e. The van der Waals surface area contributed by atoms with Crippen molar-refractivity contribution in [1.29, 1.82) is 0 Å². The molecule has 0 radical (unpaired) electrons. The topological polar surface area (TPSA) is 90.0 Å². The minimum atomic E-state index is -0.423. The van der Waals surface area contributed by atoms with E-state index in [2.05, 4.69) is 15.5 Å². The number of anilines is 1. The standard InChI is InChI=1S/C20H22N4O3S/c1-5-24-18(16-10-11-27-13(16)3)22-23-20(24)28-14(4)19(26)21-17-9-7-6-8-15(17)12(2)25/h6-11,14H,5H2,1-4H3,(H,21,26)/t14-/m0/s1. The number of aromatic nitrogens is 3. The molecule has 0 aliphatic carbocycles. The monoisotopic (exact) mass is 398 g/mol. The number of rotatable bonds is 7. The van der Waals surface area contributed by atoms with Gasteiger partial charge in [0.1, 0.15) is 5.76 Å². The van der Waals surface area contributed by atoms with Gasteiger partial charge in [-0.05, 0) is 45.9 Å². The van der Waals surface area contributed by atoms with Crippen LogP contribution in [-0.2, 0) is 11.3 Å². The summed E-state index contributed by atoms with van der Waals surface area (Å²) in [5.41, 5.74) is 1.88. The van der Waals surface area contributed by atoms with Gasteiger partial charge in [0.15, 0.2) is 16.8 Å². The summed E-state index contributed by atoms with van der Waals surface area (Å²) in [6.07, 6.45) is 1.62. The number of Topliss-reactive ketones (excluding diaryl/α,β-unsaturated/α-hetero) is 1. The Morgan fingerprint density at radius 3 is 2.64 bits per heavy atom. The molecule has 7 nitrogen and oxygen atoms in total. The number of hydrogen-bond acceptors (Lipinski definition) is 6. The second kappa shape index (κ2) is 8.43. The molecule has 0 saturated carbocycles. The normalized spacial score (nSPS) is 12.0. The summed E-state index contributed by atoms with van der Waals surface area (Å²) < 4.78 is 7.32. The summed E-state index contributed by atoms with van der Waals surface area (Å²) >= 11 is 1.32. The summed E-state index contributed by atoms with van der Waals surface area (Å²) in [6.45, 7) is 7.82. The first kappa shape index (κ1) is 19.9. The first-order valence-electron chi connectivity index (χ1n) is 8.97. The number of furan rings is 1. The maximum atomic E-state index is 12.7. The van der Waals surface area contributed by atoms with Gasteiger partial charge in [-0.3, -0.25) is 9.59 Å². The van der Waals surface area contributed by atoms with Crippen LogP contribution in [-0.4, -0.2) is 31.7 Å². The third-order valence-electron chi connectivity index (χ3n) is 4.35. The highest BCUT2D eigenvalue weighted by atomic mass is 32.2. The van der Waals surface area contributed by atoms with E-state index in [0.29, 0.717) is 28.8 Å². The molecule has 1 aromatic carbocycles. The molecule has 1 atom stereocenters. The Bertz CT molecular complexity index is 1010. The third-order valence-corrected chi connectivity index (χ3v) is 5.43. The highest BCUT2D eigenvalue weighted by Crippen LogP contribution is 2.29. The summed E-state index contributed by atoms with van der Waals surface area (Å²) in [5, 5.41) is 11.6. The Morgan fingerprint density at radius 1 is 1.25 bits per heavy atom. The molecule has 2 aromatic heterocycles. The van der Waals surface area contributed by atoms with E-state index in [0.717, 1.165) is 11.3 Å². The molecule has 3 rings (SSSR count). The summed E-state index contributed by atoms with van der Waals surface area (Å²) in [6, 6.07) is 8.83. The van der Waals surface area contributed by atoms with Crippen molar-refractivity contribution in [2.24, 2.45) is 0 Å². The fourth-order valence-corrected chi connectivity index (χ4v) is 3.74. The molecule has 2 heterocycles. The molecular weight excluding hydrogens is 376 g/mol. The second-order valence-corrected chi connectivity index (χ2v) is 7.60. The van der Waals surface area contributed by atoms with Crippen molar-refractivity contribution < 1.29 is 14.0 Å². The molecule has 0 fully saturated rings. The van der Waals surface area contributed by atoms with Crippen molar-refractivity contribution in [3.05, 3.63) is 47.9 Å². The van der Waals surface area contributed by atoms with E-state index in [1.165, 1.54) is 18.7 Å². The van der Waals surface area contributed by atoms with Crippen molar-refractivity contribution >= 4 is 29.1 Å². The zero-order chi connectivity index (χ0) is 20.3. The van der Waals surface area contributed by atoms with Crippen LogP contribution in [0.4, 0.5) is 5.69 Å². The van der Waals surface area contributed by atoms with E-state index in [-0.39, 0.29) is 11.7 Å². The average Bonchev–Trinajstić information content (AvgIpc) is 3.27. The van der Waals surface area contributed by atoms with Crippen LogP contribution in [0.5, 0.6) is 0 Å². The molecule has 0 bridgehead atoms. The number of amides is 1. The van der Waals surface area contributed by atoms with Gasteiger partial charge in [-0.2, -0.15) is 0 Å². The van der Waals surface area contributed by atoms with Gasteiger partial charge in [-0.15, -0.1) is 10.2 Å². The predicted octanol–water partition coefficient (Wildman–Crippen LogP) is 4.19. The summed E-state index contributed by atoms with van der Waals surface area (Å²) in [5.74, 6) is 1.18. The fourth-order valence-electron chi connectivity index (χ4n) is 2.82. The van der Waals surface area contributed by atoms with Gasteiger partial charge in [-0.25, -0.2) is 0 Å². The Kier molecular flexibility index (Phi) is 5.99. The lowest BCUT2D eigenvalue weighted by Crippen LogP contribution is -2.24. The Hall–Kier alpha value is -2.87. The van der Waals surface area contributed by atoms with Crippen molar-refractivity contribution in [2.75, 3.05) is 5.32 Å². The zero-order valence-electron chi connectivity index (χ0n) is 16.2. The number of benzene rings is 1. The van der Waals surface area contributed by atoms with Crippen LogP contribution >= 0.6 is 11.8 Å². The fraction of sp³-hybridized carbons (Fsp3) is 0.300. The van der Waals surface area contributed by atoms with Crippen LogP contribution in [0.25, 0.3) is 11.4 Å². The molecule has 0 saturated heterocycles. The van der Waals surface area contributed by atoms with E-state index >= 15 is 0 Å². The zero-order valence-corrected chi connectivity index (χ0v) is 17.0. The number of para-hydroxylation sites is 1. The van der Waals surface area contributed by atoms with Gasteiger partial charge in [0.2, 0.25) is 5.91 Å². The maximum Gasteiger partial charge on any atom is 0.237 e. The summed E-state index contributed by atoms with van der Waals surface area (Å²) in [7, 11) is 0. The van der Waals surface area contributed by atoms with Gasteiger partial charge in [0, 0.05) is 12.1 Å². The average molecular weight is 398 g/mol. The van der Waals surface area contributed by atoms with E-state index < -0.39 is 5.25 Å². The molecule has 3 aromatic rings. The first-order valence-corrected chi connectivity index (χ1v) is 9.85. The van der Waals surface area contributed by atoms with Gasteiger partial charge in [0.25, 0.3) is 0 Å². The highest BCUT2D eigenvalue weighted by Gasteiger charge is 2.22. The molecule has 0 unspecified atom stereocenters. The van der Waals surface area contributed by atoms with Crippen molar-refractivity contribution in [3.8, 4) is 11.4 Å². The molecule has 0 aliphatic heterocycles. The molecule has 0 spiro atoms. The predicted molar refractivity (Wildman–Crippen MR) is 109 cm³/mol. The molecule has 1 N–H and O–H groups in total. The quantitative estimate of drug-likeness (QED) is 0.474. The number of nitrogens with zero attached hydrogens (tertiary/aromatic N) is 3. The largest absolute Gasteiger partial charge is 0.469 e. The number of carbonyl (C=O) groups is 2. The van der Waals surface area contributed by atoms with Crippen LogP contribution in [0.15, 0.2) is 46.2 Å². The lowest BCUT2D eigenvalue weighted by molar-refractivity contribution is -0.115. The van der Waals surface area contributed by atoms with Gasteiger partial charge < -0.3 is 14.3 Å². The Balaban J connectivity index is 1.77. The van der Waals surface area contributed by atoms with Crippen LogP contribution < -0.4 is 5.32 Å². The highest BCUT2D eigenvalue weighted by molar-refractivity contribution is 8.00. The lowest BCUT2D eigenvalue weighted by atomic mass is 10.1. The van der Waals surface area contributed by atoms with Crippen LogP contribution in [0.3, 0.4) is 0 Å². The van der Waals surface area contributed by atoms with E-state index in [4.69, 9.17) is 4.42 Å². The van der Waals surface area contributed by atoms with Crippen LogP contribution in [0.1, 0.15) is 36.9 Å².